The molecule has 0 aromatic carbocycles. The largest absolute Gasteiger partial charge is 0.444 e. The van der Waals surface area contributed by atoms with Crippen LogP contribution in [0, 0.1) is 5.92 Å². The molecule has 0 saturated carbocycles. The van der Waals surface area contributed by atoms with Crippen LogP contribution in [-0.2, 0) is 11.2 Å². The van der Waals surface area contributed by atoms with Crippen molar-refractivity contribution in [2.45, 2.75) is 59.1 Å². The molecule has 0 aliphatic heterocycles. The number of aromatic nitrogens is 3. The molecule has 180 valence electrons. The number of alkyl carbamates (subject to hydrolysis) is 1. The second kappa shape index (κ2) is 12.8. The van der Waals surface area contributed by atoms with Gasteiger partial charge < -0.3 is 20.3 Å². The van der Waals surface area contributed by atoms with Crippen LogP contribution in [0.1, 0.15) is 46.9 Å². The molecular weight excluding hydrogens is 521 g/mol. The fourth-order valence-corrected chi connectivity index (χ4v) is 3.20. The predicted octanol–water partition coefficient (Wildman–Crippen LogP) is 3.34. The number of carbonyl (C=O) groups excluding carboxylic acids is 1. The van der Waals surface area contributed by atoms with Gasteiger partial charge in [0.15, 0.2) is 11.6 Å². The molecule has 2 heterocycles. The molecule has 1 amide bonds. The minimum Gasteiger partial charge on any atom is -0.444 e. The van der Waals surface area contributed by atoms with E-state index in [1.807, 2.05) is 56.6 Å². The van der Waals surface area contributed by atoms with E-state index in [2.05, 4.69) is 44.6 Å². The highest BCUT2D eigenvalue weighted by molar-refractivity contribution is 14.0. The summed E-state index contributed by atoms with van der Waals surface area (Å²) in [6.07, 6.45) is 3.10. The minimum absolute atomic E-state index is 0. The van der Waals surface area contributed by atoms with Crippen molar-refractivity contribution in [3.63, 3.8) is 0 Å². The Morgan fingerprint density at radius 3 is 2.62 bits per heavy atom. The van der Waals surface area contributed by atoms with Crippen molar-refractivity contribution >= 4 is 41.7 Å². The van der Waals surface area contributed by atoms with Gasteiger partial charge in [-0.05, 0) is 45.2 Å². The Bertz CT molecular complexity index is 877. The van der Waals surface area contributed by atoms with E-state index in [1.54, 1.807) is 7.05 Å². The minimum atomic E-state index is -0.510. The van der Waals surface area contributed by atoms with Gasteiger partial charge in [0.25, 0.3) is 0 Å². The fraction of sp³-hybridized carbons (Fsp3) is 0.636. The summed E-state index contributed by atoms with van der Waals surface area (Å²) >= 11 is 0. The highest BCUT2D eigenvalue weighted by Gasteiger charge is 2.22. The molecule has 2 aromatic rings. The monoisotopic (exact) mass is 559 g/mol. The van der Waals surface area contributed by atoms with Crippen molar-refractivity contribution in [3.05, 3.63) is 30.2 Å². The number of halogens is 1. The van der Waals surface area contributed by atoms with Gasteiger partial charge in [0.1, 0.15) is 11.4 Å². The van der Waals surface area contributed by atoms with Crippen molar-refractivity contribution in [2.24, 2.45) is 10.9 Å². The van der Waals surface area contributed by atoms with Crippen LogP contribution in [0.4, 0.5) is 4.79 Å². The van der Waals surface area contributed by atoms with Gasteiger partial charge in [0.05, 0.1) is 0 Å². The molecular formula is C22H38IN7O2. The molecule has 0 spiro atoms. The Kier molecular flexibility index (Phi) is 11.2. The zero-order chi connectivity index (χ0) is 23.0. The number of carbonyl (C=O) groups is 1. The van der Waals surface area contributed by atoms with E-state index in [0.29, 0.717) is 6.54 Å². The quantitative estimate of drug-likeness (QED) is 0.293. The Labute approximate surface area is 208 Å². The topological polar surface area (TPSA) is 96.1 Å². The smallest absolute Gasteiger partial charge is 0.407 e. The zero-order valence-corrected chi connectivity index (χ0v) is 22.6. The summed E-state index contributed by atoms with van der Waals surface area (Å²) in [5.74, 6) is 1.99. The maximum Gasteiger partial charge on any atom is 0.407 e. The van der Waals surface area contributed by atoms with Crippen molar-refractivity contribution in [1.29, 1.82) is 0 Å². The Hall–Kier alpha value is -2.11. The van der Waals surface area contributed by atoms with Crippen LogP contribution in [0.3, 0.4) is 0 Å². The second-order valence-electron chi connectivity index (χ2n) is 8.98. The van der Waals surface area contributed by atoms with E-state index < -0.39 is 5.60 Å². The average Bonchev–Trinajstić information content (AvgIpc) is 3.10. The first-order valence-electron chi connectivity index (χ1n) is 10.8. The van der Waals surface area contributed by atoms with Crippen LogP contribution in [0.25, 0.3) is 5.65 Å². The normalized spacial score (nSPS) is 12.9. The number of guanidine groups is 1. The lowest BCUT2D eigenvalue weighted by molar-refractivity contribution is 0.0486. The summed E-state index contributed by atoms with van der Waals surface area (Å²) in [6.45, 7) is 11.2. The Balaban J connectivity index is 0.00000512. The first-order chi connectivity index (χ1) is 14.6. The predicted molar refractivity (Wildman–Crippen MR) is 139 cm³/mol. The number of rotatable bonds is 8. The van der Waals surface area contributed by atoms with E-state index in [0.717, 1.165) is 36.8 Å². The lowest BCUT2D eigenvalue weighted by atomic mass is 10.0. The standard InChI is InChI=1S/C22H37N7O2.HI/c1-16(2)17(25-21(30)31-22(3,4)5)12-15-28(7)20(23-6)24-13-11-19-27-26-18-10-8-9-14-29(18)19;/h8-10,14,16-17H,11-13,15H2,1-7H3,(H,23,24)(H,25,30);1H. The Morgan fingerprint density at radius 2 is 2.00 bits per heavy atom. The average molecular weight is 559 g/mol. The molecule has 0 fully saturated rings. The van der Waals surface area contributed by atoms with Crippen molar-refractivity contribution < 1.29 is 9.53 Å². The molecule has 1 atom stereocenters. The van der Waals surface area contributed by atoms with Gasteiger partial charge in [-0.25, -0.2) is 4.79 Å². The number of hydrogen-bond acceptors (Lipinski definition) is 5. The molecule has 0 aliphatic rings. The van der Waals surface area contributed by atoms with E-state index in [1.165, 1.54) is 0 Å². The third-order valence-electron chi connectivity index (χ3n) is 4.87. The number of ether oxygens (including phenoxy) is 1. The number of nitrogens with zero attached hydrogens (tertiary/aromatic N) is 5. The molecule has 10 heteroatoms. The van der Waals surface area contributed by atoms with Crippen LogP contribution in [0.15, 0.2) is 29.4 Å². The third kappa shape index (κ3) is 8.79. The third-order valence-corrected chi connectivity index (χ3v) is 4.87. The van der Waals surface area contributed by atoms with Gasteiger partial charge in [-0.1, -0.05) is 19.9 Å². The zero-order valence-electron chi connectivity index (χ0n) is 20.3. The number of hydrogen-bond donors (Lipinski definition) is 2. The van der Waals surface area contributed by atoms with Gasteiger partial charge >= 0.3 is 6.09 Å². The molecule has 0 radical (unpaired) electrons. The van der Waals surface area contributed by atoms with Crippen LogP contribution < -0.4 is 10.6 Å². The van der Waals surface area contributed by atoms with E-state index in [4.69, 9.17) is 4.74 Å². The SMILES string of the molecule is CN=C(NCCc1nnc2ccccn12)N(C)CCC(NC(=O)OC(C)(C)C)C(C)C.I. The molecule has 9 nitrogen and oxygen atoms in total. The lowest BCUT2D eigenvalue weighted by Crippen LogP contribution is -2.45. The number of aliphatic imine (C=N–C) groups is 1. The highest BCUT2D eigenvalue weighted by Crippen LogP contribution is 2.11. The van der Waals surface area contributed by atoms with Gasteiger partial charge in [0.2, 0.25) is 0 Å². The first kappa shape index (κ1) is 27.9. The molecule has 0 bridgehead atoms. The van der Waals surface area contributed by atoms with Crippen LogP contribution in [-0.4, -0.2) is 70.4 Å². The van der Waals surface area contributed by atoms with E-state index >= 15 is 0 Å². The van der Waals surface area contributed by atoms with Crippen LogP contribution >= 0.6 is 24.0 Å². The molecule has 0 aliphatic carbocycles. The number of amides is 1. The van der Waals surface area contributed by atoms with E-state index in [-0.39, 0.29) is 42.0 Å². The second-order valence-corrected chi connectivity index (χ2v) is 8.98. The first-order valence-corrected chi connectivity index (χ1v) is 10.8. The van der Waals surface area contributed by atoms with Gasteiger partial charge in [-0.3, -0.25) is 9.39 Å². The summed E-state index contributed by atoms with van der Waals surface area (Å²) in [6, 6.07) is 5.87. The molecule has 0 saturated heterocycles. The molecule has 2 aromatic heterocycles. The molecule has 1 unspecified atom stereocenters. The summed E-state index contributed by atoms with van der Waals surface area (Å²) in [4.78, 5) is 18.6. The van der Waals surface area contributed by atoms with Crippen molar-refractivity contribution in [1.82, 2.24) is 30.1 Å². The maximum atomic E-state index is 12.2. The van der Waals surface area contributed by atoms with Gasteiger partial charge in [0, 0.05) is 45.8 Å². The van der Waals surface area contributed by atoms with Crippen molar-refractivity contribution in [2.75, 3.05) is 27.2 Å². The highest BCUT2D eigenvalue weighted by atomic mass is 127. The van der Waals surface area contributed by atoms with Gasteiger partial charge in [-0.2, -0.15) is 0 Å². The summed E-state index contributed by atoms with van der Waals surface area (Å²) < 4.78 is 7.39. The van der Waals surface area contributed by atoms with E-state index in [9.17, 15) is 4.79 Å². The number of nitrogens with one attached hydrogen (secondary N) is 2. The summed E-state index contributed by atoms with van der Waals surface area (Å²) in [5.41, 5.74) is 0.334. The lowest BCUT2D eigenvalue weighted by Gasteiger charge is -2.28. The maximum absolute atomic E-state index is 12.2. The molecule has 2 rings (SSSR count). The molecule has 32 heavy (non-hydrogen) atoms. The van der Waals surface area contributed by atoms with Crippen LogP contribution in [0.5, 0.6) is 0 Å². The summed E-state index contributed by atoms with van der Waals surface area (Å²) in [5, 5.41) is 14.8. The van der Waals surface area contributed by atoms with Gasteiger partial charge in [-0.15, -0.1) is 34.2 Å². The number of fused-ring (bicyclic) bond motifs is 1. The van der Waals surface area contributed by atoms with Crippen LogP contribution in [0.2, 0.25) is 0 Å². The fourth-order valence-electron chi connectivity index (χ4n) is 3.20. The number of pyridine rings is 1. The molecule has 2 N–H and O–H groups in total. The summed E-state index contributed by atoms with van der Waals surface area (Å²) in [7, 11) is 3.76. The van der Waals surface area contributed by atoms with Crippen molar-refractivity contribution in [3.8, 4) is 0 Å². The Morgan fingerprint density at radius 1 is 1.28 bits per heavy atom.